The minimum Gasteiger partial charge on any atom is -0.277 e. The Hall–Kier alpha value is -1.23. The van der Waals surface area contributed by atoms with E-state index in [1.54, 1.807) is 13.1 Å². The monoisotopic (exact) mass is 302 g/mol. The van der Waals surface area contributed by atoms with Crippen LogP contribution in [0.2, 0.25) is 15.3 Å². The first-order chi connectivity index (χ1) is 8.59. The molecule has 18 heavy (non-hydrogen) atoms. The lowest BCUT2D eigenvalue weighted by molar-refractivity contribution is 0.769. The largest absolute Gasteiger partial charge is 0.277 e. The van der Waals surface area contributed by atoms with Crippen LogP contribution in [0.15, 0.2) is 29.4 Å². The summed E-state index contributed by atoms with van der Waals surface area (Å²) in [5.41, 5.74) is 4.06. The predicted molar refractivity (Wildman–Crippen MR) is 75.9 cm³/mol. The highest BCUT2D eigenvalue weighted by atomic mass is 35.5. The van der Waals surface area contributed by atoms with Gasteiger partial charge in [-0.25, -0.2) is 0 Å². The van der Waals surface area contributed by atoms with Gasteiger partial charge in [-0.15, -0.1) is 0 Å². The Labute approximate surface area is 119 Å². The molecule has 0 aliphatic carbocycles. The zero-order valence-corrected chi connectivity index (χ0v) is 11.6. The smallest absolute Gasteiger partial charge is 0.161 e. The number of rotatable bonds is 3. The van der Waals surface area contributed by atoms with Crippen molar-refractivity contribution in [1.82, 2.24) is 9.78 Å². The van der Waals surface area contributed by atoms with Gasteiger partial charge in [-0.2, -0.15) is 10.2 Å². The number of hydrazone groups is 1. The quantitative estimate of drug-likeness (QED) is 0.692. The molecule has 1 aromatic heterocycles. The van der Waals surface area contributed by atoms with Crippen LogP contribution in [0.1, 0.15) is 5.56 Å². The van der Waals surface area contributed by atoms with Crippen LogP contribution >= 0.6 is 34.8 Å². The molecule has 0 saturated carbocycles. The second kappa shape index (κ2) is 5.61. The van der Waals surface area contributed by atoms with Crippen molar-refractivity contribution in [2.24, 2.45) is 12.1 Å². The van der Waals surface area contributed by atoms with Crippen LogP contribution in [0.4, 0.5) is 5.69 Å². The summed E-state index contributed by atoms with van der Waals surface area (Å²) in [6.07, 6.45) is 1.50. The van der Waals surface area contributed by atoms with E-state index in [1.807, 2.05) is 18.2 Å². The van der Waals surface area contributed by atoms with Gasteiger partial charge in [0.1, 0.15) is 5.15 Å². The summed E-state index contributed by atoms with van der Waals surface area (Å²) in [4.78, 5) is 0. The first kappa shape index (κ1) is 13.2. The fraction of sp³-hybridized carbons (Fsp3) is 0.0909. The van der Waals surface area contributed by atoms with Crippen molar-refractivity contribution in [2.45, 2.75) is 0 Å². The van der Waals surface area contributed by atoms with E-state index >= 15 is 0 Å². The van der Waals surface area contributed by atoms with Gasteiger partial charge >= 0.3 is 0 Å². The molecule has 0 aliphatic rings. The van der Waals surface area contributed by atoms with Crippen molar-refractivity contribution in [3.63, 3.8) is 0 Å². The first-order valence-electron chi connectivity index (χ1n) is 5.01. The maximum Gasteiger partial charge on any atom is 0.161 e. The van der Waals surface area contributed by atoms with Gasteiger partial charge < -0.3 is 0 Å². The maximum absolute atomic E-state index is 6.00. The van der Waals surface area contributed by atoms with Crippen molar-refractivity contribution < 1.29 is 0 Å². The lowest BCUT2D eigenvalue weighted by atomic mass is 10.3. The van der Waals surface area contributed by atoms with Gasteiger partial charge in [0.25, 0.3) is 0 Å². The Bertz CT molecular complexity index is 592. The molecule has 0 saturated heterocycles. The van der Waals surface area contributed by atoms with Crippen molar-refractivity contribution in [3.05, 3.63) is 45.2 Å². The van der Waals surface area contributed by atoms with Gasteiger partial charge in [0.15, 0.2) is 5.15 Å². The Balaban J connectivity index is 2.15. The molecule has 94 valence electrons. The molecule has 1 aromatic carbocycles. The molecule has 0 radical (unpaired) electrons. The zero-order chi connectivity index (χ0) is 13.1. The van der Waals surface area contributed by atoms with Gasteiger partial charge in [0, 0.05) is 7.05 Å². The maximum atomic E-state index is 6.00. The summed E-state index contributed by atoms with van der Waals surface area (Å²) in [6, 6.07) is 7.27. The first-order valence-corrected chi connectivity index (χ1v) is 6.14. The summed E-state index contributed by atoms with van der Waals surface area (Å²) in [5.74, 6) is 0. The third-order valence-electron chi connectivity index (χ3n) is 2.22. The van der Waals surface area contributed by atoms with Gasteiger partial charge in [0.2, 0.25) is 0 Å². The number of nitrogens with one attached hydrogen (secondary N) is 1. The number of hydrogen-bond acceptors (Lipinski definition) is 3. The zero-order valence-electron chi connectivity index (χ0n) is 9.36. The van der Waals surface area contributed by atoms with E-state index in [2.05, 4.69) is 15.6 Å². The molecule has 0 spiro atoms. The van der Waals surface area contributed by atoms with Gasteiger partial charge in [-0.1, -0.05) is 46.9 Å². The van der Waals surface area contributed by atoms with Crippen molar-refractivity contribution in [3.8, 4) is 0 Å². The van der Waals surface area contributed by atoms with Crippen LogP contribution in [0.3, 0.4) is 0 Å². The minimum absolute atomic E-state index is 0.298. The van der Waals surface area contributed by atoms with Crippen LogP contribution in [0, 0.1) is 0 Å². The summed E-state index contributed by atoms with van der Waals surface area (Å²) >= 11 is 17.9. The molecule has 0 fully saturated rings. The van der Waals surface area contributed by atoms with E-state index in [0.29, 0.717) is 26.6 Å². The second-order valence-corrected chi connectivity index (χ2v) is 4.59. The number of para-hydroxylation sites is 1. The van der Waals surface area contributed by atoms with E-state index in [0.717, 1.165) is 0 Å². The Morgan fingerprint density at radius 3 is 2.61 bits per heavy atom. The van der Waals surface area contributed by atoms with E-state index in [4.69, 9.17) is 34.8 Å². The Kier molecular flexibility index (Phi) is 4.11. The molecule has 0 unspecified atom stereocenters. The van der Waals surface area contributed by atoms with Crippen molar-refractivity contribution >= 4 is 46.7 Å². The number of nitrogens with zero attached hydrogens (tertiary/aromatic N) is 3. The van der Waals surface area contributed by atoms with Crippen molar-refractivity contribution in [2.75, 3.05) is 5.43 Å². The second-order valence-electron chi connectivity index (χ2n) is 3.47. The number of aromatic nitrogens is 2. The molecule has 7 heteroatoms. The molecular weight excluding hydrogens is 295 g/mol. The molecule has 4 nitrogen and oxygen atoms in total. The van der Waals surface area contributed by atoms with E-state index in [1.165, 1.54) is 10.9 Å². The molecule has 1 N–H and O–H groups in total. The molecular formula is C11H9Cl3N4. The topological polar surface area (TPSA) is 42.2 Å². The van der Waals surface area contributed by atoms with Crippen LogP contribution in [-0.4, -0.2) is 16.0 Å². The number of aryl methyl sites for hydroxylation is 1. The number of halogens is 3. The van der Waals surface area contributed by atoms with E-state index < -0.39 is 0 Å². The number of hydrogen-bond donors (Lipinski definition) is 1. The fourth-order valence-corrected chi connectivity index (χ4v) is 1.97. The number of benzene rings is 1. The fourth-order valence-electron chi connectivity index (χ4n) is 1.31. The molecule has 1 heterocycles. The molecule has 0 amide bonds. The molecule has 2 aromatic rings. The third-order valence-corrected chi connectivity index (χ3v) is 3.28. The summed E-state index contributed by atoms with van der Waals surface area (Å²) in [7, 11) is 1.70. The van der Waals surface area contributed by atoms with Crippen LogP contribution in [0.25, 0.3) is 0 Å². The molecule has 0 aliphatic heterocycles. The van der Waals surface area contributed by atoms with Gasteiger partial charge in [-0.05, 0) is 12.1 Å². The normalized spacial score (nSPS) is 11.1. The molecule has 2 rings (SSSR count). The van der Waals surface area contributed by atoms with Gasteiger partial charge in [-0.3, -0.25) is 10.1 Å². The van der Waals surface area contributed by atoms with Crippen LogP contribution in [-0.2, 0) is 7.05 Å². The predicted octanol–water partition coefficient (Wildman–Crippen LogP) is 3.83. The van der Waals surface area contributed by atoms with Crippen LogP contribution < -0.4 is 5.43 Å². The van der Waals surface area contributed by atoms with E-state index in [9.17, 15) is 0 Å². The average molecular weight is 304 g/mol. The van der Waals surface area contributed by atoms with Crippen molar-refractivity contribution in [1.29, 1.82) is 0 Å². The molecule has 0 bridgehead atoms. The highest BCUT2D eigenvalue weighted by molar-refractivity contribution is 6.37. The van der Waals surface area contributed by atoms with Crippen LogP contribution in [0.5, 0.6) is 0 Å². The minimum atomic E-state index is 0.298. The Morgan fingerprint density at radius 1 is 1.28 bits per heavy atom. The number of anilines is 1. The van der Waals surface area contributed by atoms with Gasteiger partial charge in [0.05, 0.1) is 22.5 Å². The third kappa shape index (κ3) is 2.77. The highest BCUT2D eigenvalue weighted by Gasteiger charge is 2.10. The summed E-state index contributed by atoms with van der Waals surface area (Å²) in [5, 5.41) is 9.29. The summed E-state index contributed by atoms with van der Waals surface area (Å²) < 4.78 is 1.47. The highest BCUT2D eigenvalue weighted by Crippen LogP contribution is 2.22. The average Bonchev–Trinajstić information content (AvgIpc) is 2.58. The van der Waals surface area contributed by atoms with E-state index in [-0.39, 0.29) is 0 Å². The molecule has 0 atom stereocenters. The lowest BCUT2D eigenvalue weighted by Crippen LogP contribution is -1.92. The lowest BCUT2D eigenvalue weighted by Gasteiger charge is -2.01. The Morgan fingerprint density at radius 2 is 2.00 bits per heavy atom. The summed E-state index contributed by atoms with van der Waals surface area (Å²) in [6.45, 7) is 0. The SMILES string of the molecule is Cn1nc(Cl)c(C=NNc2ccccc2Cl)c1Cl. The standard InChI is InChI=1S/C11H9Cl3N4/c1-18-11(14)7(10(13)17-18)6-15-16-9-5-3-2-4-8(9)12/h2-6,16H,1H3.